The summed E-state index contributed by atoms with van der Waals surface area (Å²) in [4.78, 5) is 2.13. The molecule has 0 saturated carbocycles. The van der Waals surface area contributed by atoms with E-state index in [9.17, 15) is 8.78 Å². The van der Waals surface area contributed by atoms with Crippen LogP contribution in [0.25, 0.3) is 0 Å². The first-order chi connectivity index (χ1) is 9.17. The van der Waals surface area contributed by atoms with Gasteiger partial charge in [-0.2, -0.15) is 0 Å². The Morgan fingerprint density at radius 3 is 2.32 bits per heavy atom. The maximum absolute atomic E-state index is 14.1. The van der Waals surface area contributed by atoms with Gasteiger partial charge in [-0.15, -0.1) is 0 Å². The van der Waals surface area contributed by atoms with Crippen molar-refractivity contribution in [1.29, 1.82) is 0 Å². The number of nitrogens with one attached hydrogen (secondary N) is 1. The lowest BCUT2D eigenvalue weighted by Crippen LogP contribution is -2.45. The smallest absolute Gasteiger partial charge is 0.134 e. The van der Waals surface area contributed by atoms with Gasteiger partial charge in [-0.3, -0.25) is 4.90 Å². The molecule has 1 N–H and O–H groups in total. The number of rotatable bonds is 4. The molecule has 0 aliphatic carbocycles. The minimum atomic E-state index is -0.526. The number of halogens is 2. The van der Waals surface area contributed by atoms with Crippen LogP contribution in [-0.4, -0.2) is 38.2 Å². The van der Waals surface area contributed by atoms with Crippen molar-refractivity contribution < 1.29 is 13.5 Å². The van der Waals surface area contributed by atoms with E-state index in [1.54, 1.807) is 0 Å². The molecule has 5 heteroatoms. The summed E-state index contributed by atoms with van der Waals surface area (Å²) in [6.07, 6.45) is 0.681. The number of nitrogens with zero attached hydrogens (tertiary/aromatic N) is 1. The number of methoxy groups -OCH3 is 1. The van der Waals surface area contributed by atoms with E-state index in [2.05, 4.69) is 10.2 Å². The van der Waals surface area contributed by atoms with E-state index in [-0.39, 0.29) is 17.4 Å². The quantitative estimate of drug-likeness (QED) is 0.909. The normalized spacial score (nSPS) is 18.3. The van der Waals surface area contributed by atoms with Gasteiger partial charge in [0.25, 0.3) is 0 Å². The third-order valence-corrected chi connectivity index (χ3v) is 3.60. The Labute approximate surface area is 112 Å². The fraction of sp³-hybridized carbons (Fsp3) is 0.571. The van der Waals surface area contributed by atoms with E-state index < -0.39 is 11.6 Å². The monoisotopic (exact) mass is 270 g/mol. The highest BCUT2D eigenvalue weighted by Gasteiger charge is 2.26. The van der Waals surface area contributed by atoms with Crippen LogP contribution < -0.4 is 10.1 Å². The molecule has 1 aliphatic heterocycles. The van der Waals surface area contributed by atoms with Crippen molar-refractivity contribution >= 4 is 0 Å². The van der Waals surface area contributed by atoms with Crippen molar-refractivity contribution in [3.63, 3.8) is 0 Å². The van der Waals surface area contributed by atoms with Crippen molar-refractivity contribution in [3.05, 3.63) is 29.3 Å². The molecule has 1 aliphatic rings. The van der Waals surface area contributed by atoms with Gasteiger partial charge in [0.15, 0.2) is 0 Å². The number of hydrogen-bond donors (Lipinski definition) is 1. The summed E-state index contributed by atoms with van der Waals surface area (Å²) >= 11 is 0. The zero-order valence-electron chi connectivity index (χ0n) is 11.4. The summed E-state index contributed by atoms with van der Waals surface area (Å²) in [7, 11) is 1.40. The zero-order valence-corrected chi connectivity index (χ0v) is 11.4. The van der Waals surface area contributed by atoms with Gasteiger partial charge in [0.2, 0.25) is 0 Å². The van der Waals surface area contributed by atoms with E-state index >= 15 is 0 Å². The molecule has 0 spiro atoms. The second kappa shape index (κ2) is 6.30. The number of piperazine rings is 1. The summed E-state index contributed by atoms with van der Waals surface area (Å²) in [6.45, 7) is 5.29. The molecule has 1 atom stereocenters. The average Bonchev–Trinajstić information content (AvgIpc) is 2.43. The maximum atomic E-state index is 14.1. The Kier molecular flexibility index (Phi) is 4.71. The van der Waals surface area contributed by atoms with E-state index in [1.165, 1.54) is 19.2 Å². The first kappa shape index (κ1) is 14.2. The maximum Gasteiger partial charge on any atom is 0.134 e. The van der Waals surface area contributed by atoms with Crippen LogP contribution in [0.1, 0.15) is 24.9 Å². The van der Waals surface area contributed by atoms with Crippen LogP contribution >= 0.6 is 0 Å². The van der Waals surface area contributed by atoms with Gasteiger partial charge >= 0.3 is 0 Å². The molecule has 3 nitrogen and oxygen atoms in total. The number of benzene rings is 1. The van der Waals surface area contributed by atoms with E-state index in [1.807, 2.05) is 6.92 Å². The largest absolute Gasteiger partial charge is 0.497 e. The highest BCUT2D eigenvalue weighted by molar-refractivity contribution is 5.32. The van der Waals surface area contributed by atoms with E-state index in [0.29, 0.717) is 6.42 Å². The molecule has 0 bridgehead atoms. The topological polar surface area (TPSA) is 24.5 Å². The third kappa shape index (κ3) is 3.04. The van der Waals surface area contributed by atoms with Gasteiger partial charge in [0.05, 0.1) is 7.11 Å². The van der Waals surface area contributed by atoms with Gasteiger partial charge < -0.3 is 10.1 Å². The highest BCUT2D eigenvalue weighted by atomic mass is 19.1. The van der Waals surface area contributed by atoms with E-state index in [0.717, 1.165) is 26.2 Å². The van der Waals surface area contributed by atoms with Gasteiger partial charge in [0.1, 0.15) is 17.4 Å². The summed E-state index contributed by atoms with van der Waals surface area (Å²) in [5.74, 6) is -0.835. The SMILES string of the molecule is CC[C@H](c1c(F)cc(OC)cc1F)N1CCNCC1. The first-order valence-electron chi connectivity index (χ1n) is 6.65. The molecule has 106 valence electrons. The second-order valence-corrected chi connectivity index (χ2v) is 4.71. The number of ether oxygens (including phenoxy) is 1. The van der Waals surface area contributed by atoms with Crippen LogP contribution in [0.15, 0.2) is 12.1 Å². The summed E-state index contributed by atoms with van der Waals surface area (Å²) in [5, 5.41) is 3.24. The first-order valence-corrected chi connectivity index (χ1v) is 6.65. The molecule has 1 saturated heterocycles. The Morgan fingerprint density at radius 1 is 1.26 bits per heavy atom. The lowest BCUT2D eigenvalue weighted by molar-refractivity contribution is 0.162. The lowest BCUT2D eigenvalue weighted by atomic mass is 10.0. The van der Waals surface area contributed by atoms with Crippen LogP contribution in [0, 0.1) is 11.6 Å². The van der Waals surface area contributed by atoms with Crippen LogP contribution in [0.4, 0.5) is 8.78 Å². The van der Waals surface area contributed by atoms with Crippen LogP contribution in [0.3, 0.4) is 0 Å². The van der Waals surface area contributed by atoms with Crippen molar-refractivity contribution in [3.8, 4) is 5.75 Å². The molecule has 1 aromatic carbocycles. The Hall–Kier alpha value is -1.20. The molecule has 0 amide bonds. The van der Waals surface area contributed by atoms with E-state index in [4.69, 9.17) is 4.74 Å². The van der Waals surface area contributed by atoms with Crippen LogP contribution in [0.2, 0.25) is 0 Å². The zero-order chi connectivity index (χ0) is 13.8. The van der Waals surface area contributed by atoms with Crippen molar-refractivity contribution in [2.75, 3.05) is 33.3 Å². The van der Waals surface area contributed by atoms with Crippen molar-refractivity contribution in [2.24, 2.45) is 0 Å². The number of hydrogen-bond acceptors (Lipinski definition) is 3. The molecule has 0 aromatic heterocycles. The second-order valence-electron chi connectivity index (χ2n) is 4.71. The molecule has 0 unspecified atom stereocenters. The van der Waals surface area contributed by atoms with Gasteiger partial charge in [-0.25, -0.2) is 8.78 Å². The van der Waals surface area contributed by atoms with Gasteiger partial charge in [0, 0.05) is 49.9 Å². The molecule has 1 aromatic rings. The van der Waals surface area contributed by atoms with Crippen LogP contribution in [0.5, 0.6) is 5.75 Å². The molecule has 2 rings (SSSR count). The standard InChI is InChI=1S/C14H20F2N2O/c1-3-13(18-6-4-17-5-7-18)14-11(15)8-10(19-2)9-12(14)16/h8-9,13,17H,3-7H2,1-2H3/t13-/m1/s1. The summed E-state index contributed by atoms with van der Waals surface area (Å²) < 4.78 is 33.1. The molecular formula is C14H20F2N2O. The Balaban J connectivity index is 2.31. The average molecular weight is 270 g/mol. The lowest BCUT2D eigenvalue weighted by Gasteiger charge is -2.35. The molecule has 19 heavy (non-hydrogen) atoms. The van der Waals surface area contributed by atoms with Gasteiger partial charge in [-0.05, 0) is 6.42 Å². The molecule has 0 radical (unpaired) electrons. The third-order valence-electron chi connectivity index (χ3n) is 3.60. The fourth-order valence-corrected chi connectivity index (χ4v) is 2.64. The molecule has 1 fully saturated rings. The van der Waals surface area contributed by atoms with Crippen LogP contribution in [-0.2, 0) is 0 Å². The van der Waals surface area contributed by atoms with Crippen molar-refractivity contribution in [2.45, 2.75) is 19.4 Å². The fourth-order valence-electron chi connectivity index (χ4n) is 2.64. The summed E-state index contributed by atoms with van der Waals surface area (Å²) in [5.41, 5.74) is 0.158. The minimum absolute atomic E-state index is 0.158. The highest BCUT2D eigenvalue weighted by Crippen LogP contribution is 2.31. The Bertz CT molecular complexity index is 410. The molecule has 1 heterocycles. The minimum Gasteiger partial charge on any atom is -0.497 e. The predicted molar refractivity (Wildman–Crippen MR) is 70.4 cm³/mol. The predicted octanol–water partition coefficient (Wildman–Crippen LogP) is 2.33. The molecular weight excluding hydrogens is 250 g/mol. The van der Waals surface area contributed by atoms with Crippen molar-refractivity contribution in [1.82, 2.24) is 10.2 Å². The Morgan fingerprint density at radius 2 is 1.84 bits per heavy atom. The van der Waals surface area contributed by atoms with Gasteiger partial charge in [-0.1, -0.05) is 6.92 Å². The summed E-state index contributed by atoms with van der Waals surface area (Å²) in [6, 6.07) is 2.29.